The lowest BCUT2D eigenvalue weighted by Crippen LogP contribution is -2.34. The van der Waals surface area contributed by atoms with Crippen molar-refractivity contribution in [1.29, 1.82) is 0 Å². The van der Waals surface area contributed by atoms with Gasteiger partial charge in [0.05, 0.1) is 11.6 Å². The van der Waals surface area contributed by atoms with Gasteiger partial charge in [-0.2, -0.15) is 0 Å². The minimum absolute atomic E-state index is 0.0341. The lowest BCUT2D eigenvalue weighted by Gasteiger charge is -2.30. The first-order valence-electron chi connectivity index (χ1n) is 13.7. The Kier molecular flexibility index (Phi) is 8.27. The predicted molar refractivity (Wildman–Crippen MR) is 156 cm³/mol. The van der Waals surface area contributed by atoms with Crippen LogP contribution in [0.1, 0.15) is 53.0 Å². The summed E-state index contributed by atoms with van der Waals surface area (Å²) < 4.78 is 1.93. The van der Waals surface area contributed by atoms with Gasteiger partial charge in [-0.25, -0.2) is 4.68 Å². The molecule has 0 unspecified atom stereocenters. The van der Waals surface area contributed by atoms with Gasteiger partial charge in [0.1, 0.15) is 0 Å². The number of aryl methyl sites for hydroxylation is 4. The zero-order valence-electron chi connectivity index (χ0n) is 23.0. The summed E-state index contributed by atoms with van der Waals surface area (Å²) in [5.74, 6) is 0.839. The van der Waals surface area contributed by atoms with Gasteiger partial charge >= 0.3 is 0 Å². The highest BCUT2D eigenvalue weighted by Gasteiger charge is 2.26. The zero-order chi connectivity index (χ0) is 27.2. The molecule has 3 aromatic carbocycles. The number of pyridine rings is 1. The van der Waals surface area contributed by atoms with E-state index in [4.69, 9.17) is 0 Å². The third kappa shape index (κ3) is 6.15. The van der Waals surface area contributed by atoms with Crippen molar-refractivity contribution >= 4 is 10.9 Å². The zero-order valence-corrected chi connectivity index (χ0v) is 23.0. The Labute approximate surface area is 229 Å². The van der Waals surface area contributed by atoms with Crippen molar-refractivity contribution in [3.8, 4) is 0 Å². The summed E-state index contributed by atoms with van der Waals surface area (Å²) in [5, 5.41) is 14.0. The van der Waals surface area contributed by atoms with Crippen LogP contribution in [0, 0.1) is 13.8 Å². The molecule has 0 spiro atoms. The predicted octanol–water partition coefficient (Wildman–Crippen LogP) is 5.57. The van der Waals surface area contributed by atoms with Gasteiger partial charge in [0.25, 0.3) is 5.56 Å². The van der Waals surface area contributed by atoms with E-state index in [0.717, 1.165) is 59.2 Å². The number of tetrazole rings is 1. The number of rotatable bonds is 11. The van der Waals surface area contributed by atoms with E-state index in [1.165, 1.54) is 11.1 Å². The number of aromatic nitrogens is 5. The maximum atomic E-state index is 13.3. The quantitative estimate of drug-likeness (QED) is 0.246. The highest BCUT2D eigenvalue weighted by Crippen LogP contribution is 2.26. The number of nitrogens with zero attached hydrogens (tertiary/aromatic N) is 5. The van der Waals surface area contributed by atoms with Gasteiger partial charge in [0, 0.05) is 30.6 Å². The maximum absolute atomic E-state index is 13.3. The van der Waals surface area contributed by atoms with Gasteiger partial charge in [0.15, 0.2) is 5.82 Å². The van der Waals surface area contributed by atoms with Crippen molar-refractivity contribution < 1.29 is 0 Å². The van der Waals surface area contributed by atoms with Gasteiger partial charge in [-0.15, -0.1) is 5.10 Å². The minimum Gasteiger partial charge on any atom is -0.321 e. The van der Waals surface area contributed by atoms with Crippen molar-refractivity contribution in [2.45, 2.75) is 59.2 Å². The minimum atomic E-state index is -0.0422. The lowest BCUT2D eigenvalue weighted by atomic mass is 10.0. The molecule has 2 aromatic heterocycles. The van der Waals surface area contributed by atoms with E-state index in [1.807, 2.05) is 23.7 Å². The van der Waals surface area contributed by atoms with Crippen molar-refractivity contribution in [2.24, 2.45) is 0 Å². The van der Waals surface area contributed by atoms with Gasteiger partial charge < -0.3 is 4.98 Å². The molecule has 0 aliphatic carbocycles. The number of aromatic amines is 1. The van der Waals surface area contributed by atoms with Crippen LogP contribution in [-0.4, -0.2) is 36.6 Å². The first kappa shape index (κ1) is 26.5. The number of H-pyrrole nitrogens is 1. The molecule has 1 N–H and O–H groups in total. The highest BCUT2D eigenvalue weighted by atomic mass is 16.1. The fourth-order valence-electron chi connectivity index (χ4n) is 5.31. The summed E-state index contributed by atoms with van der Waals surface area (Å²) in [7, 11) is 0. The SMILES string of the molecule is CC[C@H](c1nnnn1CCc1ccccc1)N(CCc1ccccc1)Cc1cc2c(C)ccc(C)c2[nH]c1=O. The van der Waals surface area contributed by atoms with Crippen molar-refractivity contribution in [1.82, 2.24) is 30.1 Å². The third-order valence-corrected chi connectivity index (χ3v) is 7.56. The molecule has 0 aliphatic heterocycles. The molecule has 0 bridgehead atoms. The Morgan fingerprint density at radius 2 is 1.56 bits per heavy atom. The second-order valence-corrected chi connectivity index (χ2v) is 10.2. The molecule has 2 heterocycles. The molecule has 0 saturated carbocycles. The largest absolute Gasteiger partial charge is 0.321 e. The van der Waals surface area contributed by atoms with Crippen LogP contribution in [0.2, 0.25) is 0 Å². The molecule has 0 amide bonds. The van der Waals surface area contributed by atoms with E-state index < -0.39 is 0 Å². The molecule has 0 aliphatic rings. The van der Waals surface area contributed by atoms with Crippen molar-refractivity contribution in [2.75, 3.05) is 6.54 Å². The number of hydrogen-bond acceptors (Lipinski definition) is 5. The monoisotopic (exact) mass is 520 g/mol. The van der Waals surface area contributed by atoms with E-state index in [2.05, 4.69) is 106 Å². The number of nitrogens with one attached hydrogen (secondary N) is 1. The summed E-state index contributed by atoms with van der Waals surface area (Å²) in [4.78, 5) is 18.8. The van der Waals surface area contributed by atoms with Crippen molar-refractivity contribution in [3.63, 3.8) is 0 Å². The average molecular weight is 521 g/mol. The fraction of sp³-hybridized carbons (Fsp3) is 0.312. The summed E-state index contributed by atoms with van der Waals surface area (Å²) in [6.45, 7) is 8.27. The lowest BCUT2D eigenvalue weighted by molar-refractivity contribution is 0.171. The summed E-state index contributed by atoms with van der Waals surface area (Å²) >= 11 is 0. The summed E-state index contributed by atoms with van der Waals surface area (Å²) in [6.07, 6.45) is 2.54. The van der Waals surface area contributed by atoms with Gasteiger partial charge in [-0.05, 0) is 71.9 Å². The van der Waals surface area contributed by atoms with Crippen LogP contribution in [0.3, 0.4) is 0 Å². The van der Waals surface area contributed by atoms with Crippen LogP contribution in [0.25, 0.3) is 10.9 Å². The Balaban J connectivity index is 1.47. The van der Waals surface area contributed by atoms with E-state index in [-0.39, 0.29) is 11.6 Å². The van der Waals surface area contributed by atoms with Gasteiger partial charge in [0.2, 0.25) is 0 Å². The van der Waals surface area contributed by atoms with Crippen LogP contribution in [0.4, 0.5) is 0 Å². The number of benzene rings is 3. The molecule has 0 fully saturated rings. The van der Waals surface area contributed by atoms with Crippen LogP contribution in [-0.2, 0) is 25.9 Å². The molecular weight excluding hydrogens is 484 g/mol. The van der Waals surface area contributed by atoms with E-state index >= 15 is 0 Å². The molecule has 7 heteroatoms. The Hall–Kier alpha value is -4.10. The maximum Gasteiger partial charge on any atom is 0.252 e. The average Bonchev–Trinajstić information content (AvgIpc) is 3.43. The second kappa shape index (κ2) is 12.2. The van der Waals surface area contributed by atoms with Crippen LogP contribution in [0.15, 0.2) is 83.7 Å². The fourth-order valence-corrected chi connectivity index (χ4v) is 5.31. The summed E-state index contributed by atoms with van der Waals surface area (Å²) in [6, 6.07) is 27.1. The second-order valence-electron chi connectivity index (χ2n) is 10.2. The molecule has 7 nitrogen and oxygen atoms in total. The molecule has 5 rings (SSSR count). The van der Waals surface area contributed by atoms with Crippen molar-refractivity contribution in [3.05, 3.63) is 123 Å². The topological polar surface area (TPSA) is 79.7 Å². The smallest absolute Gasteiger partial charge is 0.252 e. The molecular formula is C32H36N6O. The van der Waals surface area contributed by atoms with E-state index in [1.54, 1.807) is 0 Å². The molecule has 200 valence electrons. The van der Waals surface area contributed by atoms with Crippen LogP contribution >= 0.6 is 0 Å². The highest BCUT2D eigenvalue weighted by molar-refractivity contribution is 5.85. The Bertz CT molecular complexity index is 1580. The third-order valence-electron chi connectivity index (χ3n) is 7.56. The molecule has 0 saturated heterocycles. The standard InChI is InChI=1S/C32H36N6O/c1-4-29(31-34-35-36-38(31)20-18-26-13-9-6-10-14-26)37(19-17-25-11-7-5-8-12-25)22-27-21-28-23(2)15-16-24(3)30(28)33-32(27)39/h5-16,21,29H,4,17-20,22H2,1-3H3,(H,33,39)/t29-/m1/s1. The van der Waals surface area contributed by atoms with E-state index in [0.29, 0.717) is 13.1 Å². The number of fused-ring (bicyclic) bond motifs is 1. The molecule has 39 heavy (non-hydrogen) atoms. The van der Waals surface area contributed by atoms with Crippen LogP contribution < -0.4 is 5.56 Å². The molecule has 5 aromatic rings. The first-order chi connectivity index (χ1) is 19.0. The number of hydrogen-bond donors (Lipinski definition) is 1. The first-order valence-corrected chi connectivity index (χ1v) is 13.7. The molecule has 0 radical (unpaired) electrons. The molecule has 1 atom stereocenters. The van der Waals surface area contributed by atoms with Gasteiger partial charge in [-0.1, -0.05) is 79.7 Å². The Morgan fingerprint density at radius 3 is 2.26 bits per heavy atom. The Morgan fingerprint density at radius 1 is 0.897 bits per heavy atom. The normalized spacial score (nSPS) is 12.3. The van der Waals surface area contributed by atoms with E-state index in [9.17, 15) is 4.79 Å². The van der Waals surface area contributed by atoms with Crippen LogP contribution in [0.5, 0.6) is 0 Å². The van der Waals surface area contributed by atoms with Gasteiger partial charge in [-0.3, -0.25) is 9.69 Å². The summed E-state index contributed by atoms with van der Waals surface area (Å²) in [5.41, 5.74) is 6.37.